The third-order valence-corrected chi connectivity index (χ3v) is 4.51. The Balaban J connectivity index is 1.87. The van der Waals surface area contributed by atoms with Gasteiger partial charge >= 0.3 is 0 Å². The highest BCUT2D eigenvalue weighted by Crippen LogP contribution is 2.28. The average Bonchev–Trinajstić information content (AvgIpc) is 2.71. The van der Waals surface area contributed by atoms with Crippen LogP contribution in [-0.4, -0.2) is 31.3 Å². The summed E-state index contributed by atoms with van der Waals surface area (Å²) in [7, 11) is 1.58. The molecular weight excluding hydrogens is 422 g/mol. The molecule has 2 N–H and O–H groups in total. The van der Waals surface area contributed by atoms with Gasteiger partial charge in [0.25, 0.3) is 5.91 Å². The van der Waals surface area contributed by atoms with Crippen LogP contribution < -0.4 is 14.8 Å². The Bertz CT molecular complexity index is 840. The molecule has 2 aromatic rings. The maximum atomic E-state index is 12.1. The zero-order valence-corrected chi connectivity index (χ0v) is 17.6. The first kappa shape index (κ1) is 21.8. The van der Waals surface area contributed by atoms with Crippen molar-refractivity contribution in [2.24, 2.45) is 0 Å². The van der Waals surface area contributed by atoms with E-state index in [0.717, 1.165) is 16.5 Å². The van der Waals surface area contributed by atoms with Crippen molar-refractivity contribution < 1.29 is 19.4 Å². The van der Waals surface area contributed by atoms with Gasteiger partial charge in [-0.1, -0.05) is 47.0 Å². The summed E-state index contributed by atoms with van der Waals surface area (Å²) in [6, 6.07) is 12.6. The fourth-order valence-corrected chi connectivity index (χ4v) is 2.76. The molecule has 0 heterocycles. The number of carbonyl (C=O) groups excluding carboxylic acids is 1. The third-order valence-electron chi connectivity index (χ3n) is 3.98. The number of carbonyl (C=O) groups is 1. The molecule has 148 valence electrons. The first-order valence-electron chi connectivity index (χ1n) is 9.01. The van der Waals surface area contributed by atoms with Crippen LogP contribution in [0.4, 0.5) is 0 Å². The Labute approximate surface area is 174 Å². The number of methoxy groups -OCH3 is 1. The highest BCUT2D eigenvalue weighted by atomic mass is 79.9. The first-order chi connectivity index (χ1) is 13.5. The van der Waals surface area contributed by atoms with E-state index in [1.165, 1.54) is 0 Å². The fraction of sp³-hybridized carbons (Fsp3) is 0.318. The Hall–Kier alpha value is -2.49. The van der Waals surface area contributed by atoms with Gasteiger partial charge in [0.05, 0.1) is 7.11 Å². The number of nitrogens with one attached hydrogen (secondary N) is 1. The summed E-state index contributed by atoms with van der Waals surface area (Å²) in [5, 5.41) is 12.9. The summed E-state index contributed by atoms with van der Waals surface area (Å²) in [4.78, 5) is 12.1. The van der Waals surface area contributed by atoms with Gasteiger partial charge in [-0.25, -0.2) is 0 Å². The smallest absolute Gasteiger partial charge is 0.253 e. The van der Waals surface area contributed by atoms with Crippen molar-refractivity contribution in [3.05, 3.63) is 58.1 Å². The van der Waals surface area contributed by atoms with Crippen molar-refractivity contribution in [2.45, 2.75) is 25.9 Å². The molecule has 0 radical (unpaired) electrons. The molecule has 2 aromatic carbocycles. The van der Waals surface area contributed by atoms with Crippen LogP contribution in [0, 0.1) is 11.8 Å². The molecule has 0 aliphatic carbocycles. The van der Waals surface area contributed by atoms with E-state index < -0.39 is 12.0 Å². The van der Waals surface area contributed by atoms with E-state index in [-0.39, 0.29) is 0 Å². The van der Waals surface area contributed by atoms with Crippen molar-refractivity contribution in [2.75, 3.05) is 20.3 Å². The molecule has 0 aromatic heterocycles. The van der Waals surface area contributed by atoms with Crippen LogP contribution in [0.1, 0.15) is 30.6 Å². The van der Waals surface area contributed by atoms with Crippen molar-refractivity contribution in [1.82, 2.24) is 5.32 Å². The maximum Gasteiger partial charge on any atom is 0.253 e. The zero-order chi connectivity index (χ0) is 20.4. The van der Waals surface area contributed by atoms with E-state index in [0.29, 0.717) is 36.6 Å². The summed E-state index contributed by atoms with van der Waals surface area (Å²) in [6.07, 6.45) is 0.204. The van der Waals surface area contributed by atoms with Crippen LogP contribution in [0.25, 0.3) is 0 Å². The van der Waals surface area contributed by atoms with E-state index in [1.807, 2.05) is 25.1 Å². The summed E-state index contributed by atoms with van der Waals surface area (Å²) in [5.41, 5.74) is 1.54. The number of hydrogen-bond donors (Lipinski definition) is 2. The summed E-state index contributed by atoms with van der Waals surface area (Å²) in [6.45, 7) is 2.70. The minimum Gasteiger partial charge on any atom is -0.493 e. The predicted octanol–water partition coefficient (Wildman–Crippen LogP) is 3.64. The van der Waals surface area contributed by atoms with Crippen LogP contribution in [0.5, 0.6) is 11.5 Å². The molecule has 1 atom stereocenters. The lowest BCUT2D eigenvalue weighted by molar-refractivity contribution is -0.129. The van der Waals surface area contributed by atoms with E-state index in [1.54, 1.807) is 31.4 Å². The molecule has 1 amide bonds. The van der Waals surface area contributed by atoms with Gasteiger partial charge in [0.1, 0.15) is 6.61 Å². The third kappa shape index (κ3) is 6.59. The van der Waals surface area contributed by atoms with Gasteiger partial charge in [0.15, 0.2) is 17.6 Å². The molecule has 5 nitrogen and oxygen atoms in total. The van der Waals surface area contributed by atoms with Gasteiger partial charge in [0, 0.05) is 17.4 Å². The summed E-state index contributed by atoms with van der Waals surface area (Å²) < 4.78 is 11.9. The number of aliphatic hydroxyl groups excluding tert-OH is 1. The minimum atomic E-state index is -1.19. The number of aliphatic hydroxyl groups is 1. The molecule has 0 aliphatic heterocycles. The number of rotatable bonds is 8. The van der Waals surface area contributed by atoms with Crippen LogP contribution >= 0.6 is 15.9 Å². The number of benzene rings is 2. The average molecular weight is 446 g/mol. The maximum absolute atomic E-state index is 12.1. The van der Waals surface area contributed by atoms with Gasteiger partial charge in [0.2, 0.25) is 0 Å². The molecule has 2 rings (SSSR count). The summed E-state index contributed by atoms with van der Waals surface area (Å²) >= 11 is 3.33. The lowest BCUT2D eigenvalue weighted by Crippen LogP contribution is -2.30. The van der Waals surface area contributed by atoms with E-state index in [4.69, 9.17) is 9.47 Å². The Morgan fingerprint density at radius 3 is 2.61 bits per heavy atom. The van der Waals surface area contributed by atoms with E-state index >= 15 is 0 Å². The van der Waals surface area contributed by atoms with Gasteiger partial charge < -0.3 is 19.9 Å². The quantitative estimate of drug-likeness (QED) is 0.608. The second-order valence-corrected chi connectivity index (χ2v) is 6.89. The standard InChI is InChI=1S/C22H24BrNO4/c1-3-4-5-14-28-19-11-6-16(15-20(19)27-2)12-13-24-22(26)21(25)17-7-9-18(23)10-8-17/h6-11,15,21,25H,3,12-14H2,1-2H3,(H,24,26). The highest BCUT2D eigenvalue weighted by Gasteiger charge is 2.16. The van der Waals surface area contributed by atoms with Crippen molar-refractivity contribution in [3.63, 3.8) is 0 Å². The zero-order valence-electron chi connectivity index (χ0n) is 16.0. The highest BCUT2D eigenvalue weighted by molar-refractivity contribution is 9.10. The van der Waals surface area contributed by atoms with Gasteiger partial charge in [-0.15, -0.1) is 5.92 Å². The molecule has 0 saturated carbocycles. The minimum absolute atomic E-state index is 0.313. The second kappa shape index (κ2) is 11.4. The molecule has 0 bridgehead atoms. The Morgan fingerprint density at radius 1 is 1.18 bits per heavy atom. The SMILES string of the molecule is CCC#CCOc1ccc(CCNC(=O)C(O)c2ccc(Br)cc2)cc1OC. The van der Waals surface area contributed by atoms with E-state index in [9.17, 15) is 9.90 Å². The number of amides is 1. The second-order valence-electron chi connectivity index (χ2n) is 5.98. The molecule has 0 saturated heterocycles. The predicted molar refractivity (Wildman–Crippen MR) is 112 cm³/mol. The molecule has 28 heavy (non-hydrogen) atoms. The van der Waals surface area contributed by atoms with Crippen LogP contribution in [-0.2, 0) is 11.2 Å². The normalized spacial score (nSPS) is 11.1. The van der Waals surface area contributed by atoms with Crippen molar-refractivity contribution in [3.8, 4) is 23.3 Å². The van der Waals surface area contributed by atoms with Gasteiger partial charge in [-0.2, -0.15) is 0 Å². The lowest BCUT2D eigenvalue weighted by Gasteiger charge is -2.13. The van der Waals surface area contributed by atoms with Crippen molar-refractivity contribution in [1.29, 1.82) is 0 Å². The molecule has 0 spiro atoms. The van der Waals surface area contributed by atoms with Crippen LogP contribution in [0.2, 0.25) is 0 Å². The fourth-order valence-electron chi connectivity index (χ4n) is 2.50. The monoisotopic (exact) mass is 445 g/mol. The molecule has 6 heteroatoms. The first-order valence-corrected chi connectivity index (χ1v) is 9.81. The lowest BCUT2D eigenvalue weighted by atomic mass is 10.1. The van der Waals surface area contributed by atoms with Crippen LogP contribution in [0.3, 0.4) is 0 Å². The molecule has 0 fully saturated rings. The summed E-state index contributed by atoms with van der Waals surface area (Å²) in [5.74, 6) is 6.70. The Kier molecular flexibility index (Phi) is 8.86. The Morgan fingerprint density at radius 2 is 1.93 bits per heavy atom. The molecule has 1 unspecified atom stereocenters. The number of halogens is 1. The number of ether oxygens (including phenoxy) is 2. The van der Waals surface area contributed by atoms with Crippen LogP contribution in [0.15, 0.2) is 46.9 Å². The number of hydrogen-bond acceptors (Lipinski definition) is 4. The largest absolute Gasteiger partial charge is 0.493 e. The molecular formula is C22H24BrNO4. The molecule has 0 aliphatic rings. The van der Waals surface area contributed by atoms with Gasteiger partial charge in [-0.05, 0) is 41.8 Å². The van der Waals surface area contributed by atoms with Gasteiger partial charge in [-0.3, -0.25) is 4.79 Å². The van der Waals surface area contributed by atoms with Crippen molar-refractivity contribution >= 4 is 21.8 Å². The van der Waals surface area contributed by atoms with E-state index in [2.05, 4.69) is 33.1 Å². The topological polar surface area (TPSA) is 67.8 Å².